The van der Waals surface area contributed by atoms with Crippen molar-refractivity contribution >= 4 is 17.5 Å². The number of aliphatic hydroxyl groups excluding tert-OH is 1. The van der Waals surface area contributed by atoms with Crippen LogP contribution in [0, 0.1) is 17.6 Å². The van der Waals surface area contributed by atoms with Gasteiger partial charge in [0.15, 0.2) is 5.15 Å². The molecule has 1 saturated carbocycles. The summed E-state index contributed by atoms with van der Waals surface area (Å²) in [6.45, 7) is 0. The number of aryl methyl sites for hydroxylation is 1. The molecular weight excluding hydrogens is 354 g/mol. The van der Waals surface area contributed by atoms with E-state index in [4.69, 9.17) is 16.1 Å². The molecule has 0 radical (unpaired) electrons. The number of nitrogens with one attached hydrogen (secondary N) is 1. The fourth-order valence-electron chi connectivity index (χ4n) is 2.99. The van der Waals surface area contributed by atoms with E-state index in [0.29, 0.717) is 25.0 Å². The number of hydrogen-bond donors (Lipinski definition) is 2. The van der Waals surface area contributed by atoms with E-state index < -0.39 is 23.8 Å². The summed E-state index contributed by atoms with van der Waals surface area (Å²) in [5.74, 6) is -1.32. The highest BCUT2D eigenvalue weighted by atomic mass is 35.5. The van der Waals surface area contributed by atoms with Crippen LogP contribution in [0.15, 0.2) is 28.8 Å². The number of benzene rings is 1. The number of hydrogen-bond acceptors (Lipinski definition) is 4. The van der Waals surface area contributed by atoms with Crippen LogP contribution in [0.5, 0.6) is 0 Å². The second kappa shape index (κ2) is 7.49. The Balaban J connectivity index is 1.68. The van der Waals surface area contributed by atoms with E-state index in [1.54, 1.807) is 0 Å². The molecule has 1 aliphatic carbocycles. The molecule has 0 aliphatic heterocycles. The normalized spacial score (nSPS) is 20.8. The third-order valence-electron chi connectivity index (χ3n) is 4.36. The zero-order valence-electron chi connectivity index (χ0n) is 13.2. The molecular formula is C17H17ClF2N2O3. The van der Waals surface area contributed by atoms with Crippen molar-refractivity contribution in [2.75, 3.05) is 0 Å². The number of rotatable bonds is 6. The van der Waals surface area contributed by atoms with E-state index in [1.807, 2.05) is 0 Å². The molecule has 1 aliphatic rings. The number of aliphatic hydroxyl groups is 1. The van der Waals surface area contributed by atoms with Gasteiger partial charge in [0.2, 0.25) is 5.91 Å². The Bertz CT molecular complexity index is 762. The smallest absolute Gasteiger partial charge is 0.220 e. The fourth-order valence-corrected chi connectivity index (χ4v) is 3.15. The van der Waals surface area contributed by atoms with Crippen LogP contribution in [0.4, 0.5) is 8.78 Å². The molecule has 134 valence electrons. The average Bonchev–Trinajstić information content (AvgIpc) is 2.94. The summed E-state index contributed by atoms with van der Waals surface area (Å²) in [5.41, 5.74) is 0.217. The lowest BCUT2D eigenvalue weighted by molar-refractivity contribution is -0.123. The summed E-state index contributed by atoms with van der Waals surface area (Å²) in [6.07, 6.45) is 0.875. The Morgan fingerprint density at radius 3 is 2.76 bits per heavy atom. The molecule has 5 nitrogen and oxygen atoms in total. The SMILES string of the molecule is O=C(CCc1cc(Cl)no1)N[C@@H](c1ccc(F)cc1F)C1CC(O)C1. The van der Waals surface area contributed by atoms with E-state index in [2.05, 4.69) is 10.5 Å². The molecule has 1 fully saturated rings. The van der Waals surface area contributed by atoms with Crippen LogP contribution in [0.3, 0.4) is 0 Å². The van der Waals surface area contributed by atoms with Crippen molar-refractivity contribution in [3.8, 4) is 0 Å². The molecule has 2 N–H and O–H groups in total. The van der Waals surface area contributed by atoms with Crippen molar-refractivity contribution in [3.05, 3.63) is 52.4 Å². The molecule has 1 atom stereocenters. The highest BCUT2D eigenvalue weighted by molar-refractivity contribution is 6.29. The first-order chi connectivity index (χ1) is 11.9. The second-order valence-corrected chi connectivity index (χ2v) is 6.60. The van der Waals surface area contributed by atoms with Gasteiger partial charge in [0.05, 0.1) is 12.1 Å². The largest absolute Gasteiger partial charge is 0.393 e. The third-order valence-corrected chi connectivity index (χ3v) is 4.54. The summed E-state index contributed by atoms with van der Waals surface area (Å²) in [5, 5.41) is 16.0. The van der Waals surface area contributed by atoms with E-state index >= 15 is 0 Å². The summed E-state index contributed by atoms with van der Waals surface area (Å²) >= 11 is 5.65. The standard InChI is InChI=1S/C17H17ClF2N2O3/c18-15-8-12(25-22-15)2-4-16(24)21-17(9-5-11(23)6-9)13-3-1-10(19)7-14(13)20/h1,3,7-9,11,17,23H,2,4-6H2,(H,21,24)/t9?,11?,17-/m1/s1. The molecule has 2 aromatic rings. The Morgan fingerprint density at radius 2 is 2.16 bits per heavy atom. The van der Waals surface area contributed by atoms with Crippen molar-refractivity contribution in [3.63, 3.8) is 0 Å². The summed E-state index contributed by atoms with van der Waals surface area (Å²) in [6, 6.07) is 4.18. The van der Waals surface area contributed by atoms with Crippen molar-refractivity contribution < 1.29 is 23.2 Å². The average molecular weight is 371 g/mol. The van der Waals surface area contributed by atoms with Crippen LogP contribution in [0.2, 0.25) is 5.15 Å². The summed E-state index contributed by atoms with van der Waals surface area (Å²) in [4.78, 5) is 12.2. The van der Waals surface area contributed by atoms with Gasteiger partial charge >= 0.3 is 0 Å². The fraction of sp³-hybridized carbons (Fsp3) is 0.412. The van der Waals surface area contributed by atoms with E-state index in [9.17, 15) is 18.7 Å². The molecule has 1 amide bonds. The minimum atomic E-state index is -0.714. The highest BCUT2D eigenvalue weighted by Crippen LogP contribution is 2.39. The molecule has 8 heteroatoms. The van der Waals surface area contributed by atoms with Crippen LogP contribution in [0.25, 0.3) is 0 Å². The number of halogens is 3. The molecule has 0 bridgehead atoms. The monoisotopic (exact) mass is 370 g/mol. The van der Waals surface area contributed by atoms with Gasteiger partial charge in [0, 0.05) is 30.5 Å². The van der Waals surface area contributed by atoms with Gasteiger partial charge in [-0.2, -0.15) is 0 Å². The maximum Gasteiger partial charge on any atom is 0.220 e. The van der Waals surface area contributed by atoms with E-state index in [1.165, 1.54) is 12.1 Å². The van der Waals surface area contributed by atoms with Crippen LogP contribution in [0.1, 0.15) is 36.6 Å². The Kier molecular flexibility index (Phi) is 5.34. The first-order valence-electron chi connectivity index (χ1n) is 7.96. The van der Waals surface area contributed by atoms with Crippen LogP contribution < -0.4 is 5.32 Å². The highest BCUT2D eigenvalue weighted by Gasteiger charge is 2.36. The maximum atomic E-state index is 14.1. The third kappa shape index (κ3) is 4.35. The van der Waals surface area contributed by atoms with Crippen molar-refractivity contribution in [1.29, 1.82) is 0 Å². The summed E-state index contributed by atoms with van der Waals surface area (Å²) in [7, 11) is 0. The lowest BCUT2D eigenvalue weighted by Gasteiger charge is -2.38. The predicted molar refractivity (Wildman–Crippen MR) is 85.8 cm³/mol. The Labute approximate surface area is 148 Å². The number of amides is 1. The second-order valence-electron chi connectivity index (χ2n) is 6.21. The minimum Gasteiger partial charge on any atom is -0.393 e. The molecule has 1 aromatic heterocycles. The number of nitrogens with zero attached hydrogens (tertiary/aromatic N) is 1. The van der Waals surface area contributed by atoms with Gasteiger partial charge < -0.3 is 14.9 Å². The van der Waals surface area contributed by atoms with Gasteiger partial charge in [-0.15, -0.1) is 0 Å². The quantitative estimate of drug-likeness (QED) is 0.819. The topological polar surface area (TPSA) is 75.4 Å². The van der Waals surface area contributed by atoms with Crippen LogP contribution >= 0.6 is 11.6 Å². The van der Waals surface area contributed by atoms with Gasteiger partial charge in [-0.25, -0.2) is 8.78 Å². The maximum absolute atomic E-state index is 14.1. The van der Waals surface area contributed by atoms with Gasteiger partial charge in [0.25, 0.3) is 0 Å². The van der Waals surface area contributed by atoms with Gasteiger partial charge in [-0.05, 0) is 24.8 Å². The van der Waals surface area contributed by atoms with Crippen molar-refractivity contribution in [2.45, 2.75) is 37.8 Å². The Morgan fingerprint density at radius 1 is 1.40 bits per heavy atom. The molecule has 1 aromatic carbocycles. The number of carbonyl (C=O) groups is 1. The molecule has 3 rings (SSSR count). The molecule has 0 saturated heterocycles. The van der Waals surface area contributed by atoms with Crippen LogP contribution in [-0.2, 0) is 11.2 Å². The first-order valence-corrected chi connectivity index (χ1v) is 8.33. The Hall–Kier alpha value is -1.99. The predicted octanol–water partition coefficient (Wildman–Crippen LogP) is 3.17. The van der Waals surface area contributed by atoms with Crippen LogP contribution in [-0.4, -0.2) is 22.3 Å². The van der Waals surface area contributed by atoms with E-state index in [0.717, 1.165) is 12.1 Å². The van der Waals surface area contributed by atoms with Gasteiger partial charge in [0.1, 0.15) is 17.4 Å². The van der Waals surface area contributed by atoms with E-state index in [-0.39, 0.29) is 29.0 Å². The zero-order valence-corrected chi connectivity index (χ0v) is 14.0. The van der Waals surface area contributed by atoms with Crippen molar-refractivity contribution in [1.82, 2.24) is 10.5 Å². The lowest BCUT2D eigenvalue weighted by atomic mass is 9.75. The number of carbonyl (C=O) groups excluding carboxylic acids is 1. The zero-order chi connectivity index (χ0) is 18.0. The van der Waals surface area contributed by atoms with Gasteiger partial charge in [-0.1, -0.05) is 22.8 Å². The van der Waals surface area contributed by atoms with Gasteiger partial charge in [-0.3, -0.25) is 4.79 Å². The molecule has 1 heterocycles. The minimum absolute atomic E-state index is 0.0985. The molecule has 25 heavy (non-hydrogen) atoms. The van der Waals surface area contributed by atoms with Crippen molar-refractivity contribution in [2.24, 2.45) is 5.92 Å². The molecule has 0 spiro atoms. The number of aromatic nitrogens is 1. The molecule has 0 unspecified atom stereocenters. The summed E-state index contributed by atoms with van der Waals surface area (Å²) < 4.78 is 32.2. The first kappa shape index (κ1) is 17.8. The lowest BCUT2D eigenvalue weighted by Crippen LogP contribution is -2.41.